The Kier molecular flexibility index (Phi) is 3.75. The molecule has 0 saturated carbocycles. The fourth-order valence-electron chi connectivity index (χ4n) is 2.56. The molecule has 0 radical (unpaired) electrons. The molecule has 0 heterocycles. The summed E-state index contributed by atoms with van der Waals surface area (Å²) >= 11 is 5.88. The number of halogens is 1. The molecule has 102 valence electrons. The smallest absolute Gasteiger partial charge is 0.123 e. The first-order chi connectivity index (χ1) is 9.74. The van der Waals surface area contributed by atoms with Crippen molar-refractivity contribution in [2.24, 2.45) is 0 Å². The molecule has 0 spiro atoms. The molecule has 2 aromatic rings. The van der Waals surface area contributed by atoms with Crippen LogP contribution in [-0.4, -0.2) is 5.71 Å². The largest absolute Gasteiger partial charge is 0.489 e. The number of nitrogens with one attached hydrogen (secondary N) is 1. The van der Waals surface area contributed by atoms with Crippen LogP contribution < -0.4 is 4.74 Å². The molecule has 20 heavy (non-hydrogen) atoms. The second-order valence-corrected chi connectivity index (χ2v) is 5.47. The highest BCUT2D eigenvalue weighted by Crippen LogP contribution is 2.30. The second-order valence-electron chi connectivity index (χ2n) is 5.03. The first-order valence-corrected chi connectivity index (χ1v) is 7.19. The van der Waals surface area contributed by atoms with Crippen molar-refractivity contribution < 1.29 is 4.74 Å². The van der Waals surface area contributed by atoms with E-state index in [9.17, 15) is 0 Å². The Morgan fingerprint density at radius 1 is 1.05 bits per heavy atom. The molecule has 0 amide bonds. The van der Waals surface area contributed by atoms with Gasteiger partial charge in [0.05, 0.1) is 0 Å². The Balaban J connectivity index is 1.79. The summed E-state index contributed by atoms with van der Waals surface area (Å²) in [5.41, 5.74) is 4.05. The molecule has 1 aliphatic rings. The van der Waals surface area contributed by atoms with Crippen LogP contribution in [0.25, 0.3) is 0 Å². The number of fused-ring (bicyclic) bond motifs is 1. The zero-order chi connectivity index (χ0) is 13.9. The van der Waals surface area contributed by atoms with Crippen molar-refractivity contribution in [2.75, 3.05) is 0 Å². The Labute approximate surface area is 123 Å². The second kappa shape index (κ2) is 5.68. The minimum absolute atomic E-state index is 0.529. The summed E-state index contributed by atoms with van der Waals surface area (Å²) in [6.45, 7) is 0.529. The molecule has 1 N–H and O–H groups in total. The first kappa shape index (κ1) is 13.2. The topological polar surface area (TPSA) is 33.1 Å². The molecule has 0 fully saturated rings. The third kappa shape index (κ3) is 2.70. The maximum atomic E-state index is 8.02. The lowest BCUT2D eigenvalue weighted by Gasteiger charge is -2.20. The van der Waals surface area contributed by atoms with Crippen molar-refractivity contribution in [2.45, 2.75) is 25.9 Å². The summed E-state index contributed by atoms with van der Waals surface area (Å²) < 4.78 is 5.94. The summed E-state index contributed by atoms with van der Waals surface area (Å²) in [6.07, 6.45) is 2.90. The zero-order valence-corrected chi connectivity index (χ0v) is 11.9. The van der Waals surface area contributed by atoms with Gasteiger partial charge in [0.1, 0.15) is 12.4 Å². The summed E-state index contributed by atoms with van der Waals surface area (Å²) in [5.74, 6) is 0.905. The van der Waals surface area contributed by atoms with Crippen molar-refractivity contribution in [3.05, 3.63) is 64.2 Å². The van der Waals surface area contributed by atoms with Crippen molar-refractivity contribution >= 4 is 17.3 Å². The van der Waals surface area contributed by atoms with Gasteiger partial charge in [0, 0.05) is 21.9 Å². The lowest BCUT2D eigenvalue weighted by atomic mass is 9.89. The van der Waals surface area contributed by atoms with Gasteiger partial charge in [-0.3, -0.25) is 0 Å². The van der Waals surface area contributed by atoms with E-state index in [1.165, 1.54) is 5.56 Å². The van der Waals surface area contributed by atoms with Gasteiger partial charge >= 0.3 is 0 Å². The van der Waals surface area contributed by atoms with Crippen LogP contribution in [0.2, 0.25) is 5.02 Å². The Morgan fingerprint density at radius 2 is 1.85 bits per heavy atom. The Morgan fingerprint density at radius 3 is 2.65 bits per heavy atom. The minimum Gasteiger partial charge on any atom is -0.489 e. The molecule has 0 atom stereocenters. The quantitative estimate of drug-likeness (QED) is 0.877. The molecule has 0 bridgehead atoms. The van der Waals surface area contributed by atoms with Gasteiger partial charge in [-0.1, -0.05) is 35.9 Å². The fraction of sp³-hybridized carbons (Fsp3) is 0.235. The van der Waals surface area contributed by atoms with Crippen LogP contribution >= 0.6 is 11.6 Å². The number of hydrogen-bond donors (Lipinski definition) is 1. The van der Waals surface area contributed by atoms with Crippen molar-refractivity contribution in [1.29, 1.82) is 5.41 Å². The SMILES string of the molecule is N=C1CCCc2c(OCc3ccc(Cl)cc3)cccc21. The molecule has 0 unspecified atom stereocenters. The van der Waals surface area contributed by atoms with Gasteiger partial charge in [0.2, 0.25) is 0 Å². The molecule has 0 aromatic heterocycles. The highest BCUT2D eigenvalue weighted by Gasteiger charge is 2.17. The van der Waals surface area contributed by atoms with Crippen LogP contribution in [0.15, 0.2) is 42.5 Å². The highest BCUT2D eigenvalue weighted by atomic mass is 35.5. The van der Waals surface area contributed by atoms with Crippen LogP contribution in [0, 0.1) is 5.41 Å². The van der Waals surface area contributed by atoms with E-state index in [0.29, 0.717) is 6.61 Å². The normalized spacial score (nSPS) is 13.9. The summed E-state index contributed by atoms with van der Waals surface area (Å²) in [7, 11) is 0. The van der Waals surface area contributed by atoms with E-state index in [-0.39, 0.29) is 0 Å². The Bertz CT molecular complexity index is 634. The van der Waals surface area contributed by atoms with Crippen LogP contribution in [0.4, 0.5) is 0 Å². The van der Waals surface area contributed by atoms with Crippen LogP contribution in [0.1, 0.15) is 29.5 Å². The van der Waals surface area contributed by atoms with E-state index in [2.05, 4.69) is 0 Å². The van der Waals surface area contributed by atoms with Crippen molar-refractivity contribution in [1.82, 2.24) is 0 Å². The molecule has 0 saturated heterocycles. The predicted octanol–water partition coefficient (Wildman–Crippen LogP) is 4.62. The van der Waals surface area contributed by atoms with E-state index in [4.69, 9.17) is 21.7 Å². The number of rotatable bonds is 3. The van der Waals surface area contributed by atoms with E-state index in [1.54, 1.807) is 0 Å². The lowest BCUT2D eigenvalue weighted by molar-refractivity contribution is 0.302. The summed E-state index contributed by atoms with van der Waals surface area (Å²) in [6, 6.07) is 13.7. The Hall–Kier alpha value is -1.80. The number of hydrogen-bond acceptors (Lipinski definition) is 2. The average Bonchev–Trinajstić information content (AvgIpc) is 2.47. The van der Waals surface area contributed by atoms with Crippen molar-refractivity contribution in [3.8, 4) is 5.75 Å². The molecule has 3 rings (SSSR count). The fourth-order valence-corrected chi connectivity index (χ4v) is 2.69. The van der Waals surface area contributed by atoms with E-state index >= 15 is 0 Å². The van der Waals surface area contributed by atoms with Gasteiger partial charge in [-0.15, -0.1) is 0 Å². The first-order valence-electron chi connectivity index (χ1n) is 6.81. The predicted molar refractivity (Wildman–Crippen MR) is 82.0 cm³/mol. The number of ether oxygens (including phenoxy) is 1. The van der Waals surface area contributed by atoms with E-state index in [0.717, 1.165) is 46.9 Å². The van der Waals surface area contributed by atoms with E-state index in [1.807, 2.05) is 42.5 Å². The minimum atomic E-state index is 0.529. The van der Waals surface area contributed by atoms with Gasteiger partial charge < -0.3 is 10.1 Å². The van der Waals surface area contributed by atoms with Crippen LogP contribution in [-0.2, 0) is 13.0 Å². The van der Waals surface area contributed by atoms with Crippen LogP contribution in [0.5, 0.6) is 5.75 Å². The maximum absolute atomic E-state index is 8.02. The van der Waals surface area contributed by atoms with Gasteiger partial charge in [0.25, 0.3) is 0 Å². The van der Waals surface area contributed by atoms with Crippen LogP contribution in [0.3, 0.4) is 0 Å². The van der Waals surface area contributed by atoms with Gasteiger partial charge in [0.15, 0.2) is 0 Å². The molecule has 3 heteroatoms. The summed E-state index contributed by atoms with van der Waals surface area (Å²) in [5, 5.41) is 8.75. The summed E-state index contributed by atoms with van der Waals surface area (Å²) in [4.78, 5) is 0. The monoisotopic (exact) mass is 285 g/mol. The lowest BCUT2D eigenvalue weighted by Crippen LogP contribution is -2.12. The average molecular weight is 286 g/mol. The van der Waals surface area contributed by atoms with Gasteiger partial charge in [-0.25, -0.2) is 0 Å². The molecule has 2 nitrogen and oxygen atoms in total. The van der Waals surface area contributed by atoms with E-state index < -0.39 is 0 Å². The zero-order valence-electron chi connectivity index (χ0n) is 11.2. The van der Waals surface area contributed by atoms with Gasteiger partial charge in [-0.2, -0.15) is 0 Å². The van der Waals surface area contributed by atoms with Crippen molar-refractivity contribution in [3.63, 3.8) is 0 Å². The maximum Gasteiger partial charge on any atom is 0.123 e. The standard InChI is InChI=1S/C17H16ClNO/c18-13-9-7-12(8-10-13)11-20-17-6-2-3-14-15(17)4-1-5-16(14)19/h2-3,6-10,19H,1,4-5,11H2. The molecule has 0 aliphatic heterocycles. The number of benzene rings is 2. The molecule has 1 aliphatic carbocycles. The molecular weight excluding hydrogens is 270 g/mol. The molecule has 2 aromatic carbocycles. The van der Waals surface area contributed by atoms with Gasteiger partial charge in [-0.05, 0) is 43.0 Å². The molecular formula is C17H16ClNO. The highest BCUT2D eigenvalue weighted by molar-refractivity contribution is 6.30. The third-order valence-electron chi connectivity index (χ3n) is 3.62. The third-order valence-corrected chi connectivity index (χ3v) is 3.87.